The molecule has 0 fully saturated rings. The molecule has 0 atom stereocenters. The molecule has 0 aromatic heterocycles. The van der Waals surface area contributed by atoms with E-state index in [2.05, 4.69) is 16.0 Å². The lowest BCUT2D eigenvalue weighted by molar-refractivity contribution is -0.125. The summed E-state index contributed by atoms with van der Waals surface area (Å²) in [5, 5.41) is 5.69. The van der Waals surface area contributed by atoms with Crippen LogP contribution in [0.1, 0.15) is 75.3 Å². The Balaban J connectivity index is 1.93. The molecule has 0 radical (unpaired) electrons. The third-order valence-corrected chi connectivity index (χ3v) is 4.35. The number of amides is 2. The maximum absolute atomic E-state index is 11.8. The van der Waals surface area contributed by atoms with Crippen LogP contribution in [0.5, 0.6) is 0 Å². The molecular formula is C22H36N4O2. The van der Waals surface area contributed by atoms with Crippen molar-refractivity contribution >= 4 is 18.0 Å². The SMILES string of the molecule is Cc1cccc(/C=N/NC(=O)CCCCCCCCCCC(=O)NN(C)C)c1. The first-order valence-electron chi connectivity index (χ1n) is 10.3. The predicted molar refractivity (Wildman–Crippen MR) is 115 cm³/mol. The van der Waals surface area contributed by atoms with E-state index >= 15 is 0 Å². The van der Waals surface area contributed by atoms with Gasteiger partial charge in [0.05, 0.1) is 6.21 Å². The van der Waals surface area contributed by atoms with E-state index in [0.29, 0.717) is 12.8 Å². The Morgan fingerprint density at radius 2 is 1.50 bits per heavy atom. The van der Waals surface area contributed by atoms with E-state index in [0.717, 1.165) is 37.7 Å². The summed E-state index contributed by atoms with van der Waals surface area (Å²) in [5.74, 6) is 0.0615. The highest BCUT2D eigenvalue weighted by Crippen LogP contribution is 2.10. The Kier molecular flexibility index (Phi) is 12.6. The highest BCUT2D eigenvalue weighted by molar-refractivity contribution is 5.82. The maximum atomic E-state index is 11.8. The summed E-state index contributed by atoms with van der Waals surface area (Å²) in [6.45, 7) is 2.03. The number of carbonyl (C=O) groups is 2. The predicted octanol–water partition coefficient (Wildman–Crippen LogP) is 3.94. The minimum Gasteiger partial charge on any atom is -0.289 e. The molecule has 6 heteroatoms. The van der Waals surface area contributed by atoms with Crippen molar-refractivity contribution in [3.05, 3.63) is 35.4 Å². The highest BCUT2D eigenvalue weighted by atomic mass is 16.2. The molecule has 0 unspecified atom stereocenters. The van der Waals surface area contributed by atoms with Crippen LogP contribution in [-0.2, 0) is 9.59 Å². The number of hydrazone groups is 1. The molecule has 0 aliphatic rings. The van der Waals surface area contributed by atoms with Gasteiger partial charge in [-0.1, -0.05) is 68.4 Å². The number of hydrogen-bond acceptors (Lipinski definition) is 4. The van der Waals surface area contributed by atoms with Gasteiger partial charge in [0.25, 0.3) is 0 Å². The Morgan fingerprint density at radius 1 is 0.929 bits per heavy atom. The van der Waals surface area contributed by atoms with Crippen molar-refractivity contribution < 1.29 is 9.59 Å². The summed E-state index contributed by atoms with van der Waals surface area (Å²) in [5.41, 5.74) is 7.50. The zero-order valence-electron chi connectivity index (χ0n) is 17.7. The first-order valence-corrected chi connectivity index (χ1v) is 10.3. The fraction of sp³-hybridized carbons (Fsp3) is 0.591. The minimum atomic E-state index is -0.0279. The van der Waals surface area contributed by atoms with Crippen molar-refractivity contribution in [2.24, 2.45) is 5.10 Å². The van der Waals surface area contributed by atoms with E-state index in [1.165, 1.54) is 24.8 Å². The average Bonchev–Trinajstić information content (AvgIpc) is 2.62. The second kappa shape index (κ2) is 14.8. The number of benzene rings is 1. The molecule has 1 aromatic rings. The van der Waals surface area contributed by atoms with Crippen LogP contribution in [0.25, 0.3) is 0 Å². The zero-order valence-corrected chi connectivity index (χ0v) is 17.7. The Bertz CT molecular complexity index is 614. The molecule has 0 aliphatic carbocycles. The summed E-state index contributed by atoms with van der Waals surface area (Å²) < 4.78 is 0. The van der Waals surface area contributed by atoms with Crippen LogP contribution in [0.3, 0.4) is 0 Å². The fourth-order valence-electron chi connectivity index (χ4n) is 2.92. The number of aryl methyl sites for hydroxylation is 1. The lowest BCUT2D eigenvalue weighted by Crippen LogP contribution is -2.35. The molecule has 156 valence electrons. The van der Waals surface area contributed by atoms with Crippen LogP contribution in [0.2, 0.25) is 0 Å². The van der Waals surface area contributed by atoms with Gasteiger partial charge in [-0.05, 0) is 25.3 Å². The van der Waals surface area contributed by atoms with E-state index in [-0.39, 0.29) is 11.8 Å². The monoisotopic (exact) mass is 388 g/mol. The number of carbonyl (C=O) groups excluding carboxylic acids is 2. The van der Waals surface area contributed by atoms with Crippen molar-refractivity contribution in [3.63, 3.8) is 0 Å². The van der Waals surface area contributed by atoms with Crippen LogP contribution >= 0.6 is 0 Å². The van der Waals surface area contributed by atoms with Gasteiger partial charge >= 0.3 is 0 Å². The molecule has 0 spiro atoms. The highest BCUT2D eigenvalue weighted by Gasteiger charge is 2.02. The van der Waals surface area contributed by atoms with Crippen LogP contribution < -0.4 is 10.9 Å². The number of nitrogens with one attached hydrogen (secondary N) is 2. The summed E-state index contributed by atoms with van der Waals surface area (Å²) in [6.07, 6.45) is 11.5. The molecule has 0 saturated carbocycles. The van der Waals surface area contributed by atoms with E-state index in [1.807, 2.05) is 45.3 Å². The molecule has 1 aromatic carbocycles. The minimum absolute atomic E-state index is 0.0279. The second-order valence-corrected chi connectivity index (χ2v) is 7.47. The molecule has 0 bridgehead atoms. The fourth-order valence-corrected chi connectivity index (χ4v) is 2.92. The Labute approximate surface area is 169 Å². The van der Waals surface area contributed by atoms with Gasteiger partial charge in [0, 0.05) is 26.9 Å². The quantitative estimate of drug-likeness (QED) is 0.288. The van der Waals surface area contributed by atoms with Gasteiger partial charge < -0.3 is 0 Å². The van der Waals surface area contributed by atoms with E-state index < -0.39 is 0 Å². The second-order valence-electron chi connectivity index (χ2n) is 7.47. The van der Waals surface area contributed by atoms with Crippen LogP contribution in [0, 0.1) is 6.92 Å². The van der Waals surface area contributed by atoms with Gasteiger partial charge in [-0.2, -0.15) is 5.10 Å². The largest absolute Gasteiger partial charge is 0.289 e. The normalized spacial score (nSPS) is 11.1. The molecule has 6 nitrogen and oxygen atoms in total. The lowest BCUT2D eigenvalue weighted by atomic mass is 10.1. The molecule has 1 rings (SSSR count). The third kappa shape index (κ3) is 13.0. The molecule has 28 heavy (non-hydrogen) atoms. The number of nitrogens with zero attached hydrogens (tertiary/aromatic N) is 2. The zero-order chi connectivity index (χ0) is 20.6. The first-order chi connectivity index (χ1) is 13.5. The van der Waals surface area contributed by atoms with Crippen molar-refractivity contribution in [3.8, 4) is 0 Å². The van der Waals surface area contributed by atoms with Gasteiger partial charge in [-0.25, -0.2) is 10.4 Å². The summed E-state index contributed by atoms with van der Waals surface area (Å²) in [7, 11) is 3.64. The van der Waals surface area contributed by atoms with Crippen molar-refractivity contribution in [2.45, 2.75) is 71.1 Å². The molecule has 2 N–H and O–H groups in total. The number of hydrogen-bond donors (Lipinski definition) is 2. The van der Waals surface area contributed by atoms with Crippen molar-refractivity contribution in [2.75, 3.05) is 14.1 Å². The van der Waals surface area contributed by atoms with E-state index in [4.69, 9.17) is 0 Å². The Morgan fingerprint density at radius 3 is 2.07 bits per heavy atom. The number of rotatable bonds is 14. The first kappa shape index (κ1) is 23.8. The number of hydrazine groups is 1. The topological polar surface area (TPSA) is 73.8 Å². The van der Waals surface area contributed by atoms with Crippen LogP contribution in [0.15, 0.2) is 29.4 Å². The van der Waals surface area contributed by atoms with E-state index in [9.17, 15) is 9.59 Å². The van der Waals surface area contributed by atoms with E-state index in [1.54, 1.807) is 11.2 Å². The van der Waals surface area contributed by atoms with Gasteiger partial charge in [-0.15, -0.1) is 0 Å². The molecule has 0 aliphatic heterocycles. The van der Waals surface area contributed by atoms with Crippen LogP contribution in [-0.4, -0.2) is 37.1 Å². The molecule has 0 saturated heterocycles. The van der Waals surface area contributed by atoms with Crippen LogP contribution in [0.4, 0.5) is 0 Å². The summed E-state index contributed by atoms with van der Waals surface area (Å²) >= 11 is 0. The third-order valence-electron chi connectivity index (χ3n) is 4.35. The van der Waals surface area contributed by atoms with Gasteiger partial charge in [0.2, 0.25) is 11.8 Å². The molecule has 0 heterocycles. The molecular weight excluding hydrogens is 352 g/mol. The lowest BCUT2D eigenvalue weighted by Gasteiger charge is -2.11. The average molecular weight is 389 g/mol. The number of unbranched alkanes of at least 4 members (excludes halogenated alkanes) is 7. The smallest absolute Gasteiger partial charge is 0.240 e. The van der Waals surface area contributed by atoms with Crippen molar-refractivity contribution in [1.29, 1.82) is 0 Å². The molecule has 2 amide bonds. The standard InChI is InChI=1S/C22H36N4O2/c1-19-13-12-14-20(17-19)18-23-24-21(27)15-10-8-6-4-5-7-9-11-16-22(28)25-26(2)3/h12-14,17-18H,4-11,15-16H2,1-3H3,(H,24,27)(H,25,28)/b23-18+. The van der Waals surface area contributed by atoms with Gasteiger partial charge in [-0.3, -0.25) is 15.0 Å². The van der Waals surface area contributed by atoms with Crippen molar-refractivity contribution in [1.82, 2.24) is 15.9 Å². The summed E-state index contributed by atoms with van der Waals surface area (Å²) in [4.78, 5) is 23.2. The Hall–Kier alpha value is -2.21. The van der Waals surface area contributed by atoms with Gasteiger partial charge in [0.1, 0.15) is 0 Å². The van der Waals surface area contributed by atoms with Gasteiger partial charge in [0.15, 0.2) is 0 Å². The summed E-state index contributed by atoms with van der Waals surface area (Å²) in [6, 6.07) is 7.98. The maximum Gasteiger partial charge on any atom is 0.240 e.